The van der Waals surface area contributed by atoms with Gasteiger partial charge in [-0.15, -0.1) is 65.5 Å². The van der Waals surface area contributed by atoms with Crippen LogP contribution in [0.2, 0.25) is 0 Å². The maximum atomic E-state index is 12.6. The molecule has 0 aliphatic heterocycles. The van der Waals surface area contributed by atoms with E-state index in [1.54, 1.807) is 18.5 Å². The molecular formula is C32H19BFIrN2Y-4. The van der Waals surface area contributed by atoms with Gasteiger partial charge in [0.1, 0.15) is 0 Å². The zero-order chi connectivity index (χ0) is 23.9. The summed E-state index contributed by atoms with van der Waals surface area (Å²) >= 11 is 0. The molecule has 6 aromatic rings. The summed E-state index contributed by atoms with van der Waals surface area (Å²) < 4.78 is 12.6. The van der Waals surface area contributed by atoms with Crippen LogP contribution in [0.4, 0.5) is 4.39 Å². The summed E-state index contributed by atoms with van der Waals surface area (Å²) in [7, 11) is 0. The van der Waals surface area contributed by atoms with Crippen LogP contribution in [0.15, 0.2) is 116 Å². The van der Waals surface area contributed by atoms with Crippen molar-refractivity contribution in [1.82, 2.24) is 9.97 Å². The molecule has 183 valence electrons. The van der Waals surface area contributed by atoms with Gasteiger partial charge in [-0.25, -0.2) is 6.07 Å². The van der Waals surface area contributed by atoms with E-state index in [4.69, 9.17) is 0 Å². The van der Waals surface area contributed by atoms with Crippen LogP contribution in [-0.4, -0.2) is 18.4 Å². The van der Waals surface area contributed by atoms with Gasteiger partial charge in [0.25, 0.3) is 0 Å². The van der Waals surface area contributed by atoms with Crippen molar-refractivity contribution in [2.75, 3.05) is 0 Å². The molecule has 6 rings (SSSR count). The Kier molecular flexibility index (Phi) is 12.9. The molecule has 0 aliphatic carbocycles. The van der Waals surface area contributed by atoms with E-state index in [1.165, 1.54) is 17.5 Å². The van der Waals surface area contributed by atoms with E-state index in [0.29, 0.717) is 0 Å². The van der Waals surface area contributed by atoms with Gasteiger partial charge in [0.15, 0.2) is 0 Å². The van der Waals surface area contributed by atoms with E-state index in [-0.39, 0.29) is 67.0 Å². The minimum absolute atomic E-state index is 0. The van der Waals surface area contributed by atoms with Crippen LogP contribution in [-0.2, 0) is 52.8 Å². The van der Waals surface area contributed by atoms with Gasteiger partial charge in [-0.2, -0.15) is 5.56 Å². The van der Waals surface area contributed by atoms with Crippen LogP contribution in [0, 0.1) is 30.1 Å². The van der Waals surface area contributed by atoms with Crippen molar-refractivity contribution in [1.29, 1.82) is 0 Å². The Morgan fingerprint density at radius 1 is 0.605 bits per heavy atom. The van der Waals surface area contributed by atoms with E-state index < -0.39 is 0 Å². The SMILES string of the molecule is Fc1c[c-]c(-c2ccccn2)cc1.[B].[Ir].[Y].[c-]1ccc(-c2[c-]c3ccccc3cc2)[c-]c1-c1ccccn1. The van der Waals surface area contributed by atoms with Crippen molar-refractivity contribution in [2.45, 2.75) is 0 Å². The molecule has 0 spiro atoms. The summed E-state index contributed by atoms with van der Waals surface area (Å²) in [6.45, 7) is 0. The van der Waals surface area contributed by atoms with Crippen molar-refractivity contribution in [3.8, 4) is 33.6 Å². The topological polar surface area (TPSA) is 25.8 Å². The average molecular weight is 742 g/mol. The van der Waals surface area contributed by atoms with E-state index in [0.717, 1.165) is 39.0 Å². The molecule has 2 aromatic heterocycles. The van der Waals surface area contributed by atoms with E-state index >= 15 is 0 Å². The molecule has 4 aromatic carbocycles. The molecule has 6 heteroatoms. The third-order valence-corrected chi connectivity index (χ3v) is 5.32. The Labute approximate surface area is 263 Å². The molecule has 38 heavy (non-hydrogen) atoms. The summed E-state index contributed by atoms with van der Waals surface area (Å²) in [4.78, 5) is 8.49. The molecular weight excluding hydrogens is 723 g/mol. The third-order valence-electron chi connectivity index (χ3n) is 5.32. The average Bonchev–Trinajstić information content (AvgIpc) is 2.95. The molecule has 5 radical (unpaired) electrons. The van der Waals surface area contributed by atoms with Gasteiger partial charge in [0.2, 0.25) is 0 Å². The first-order chi connectivity index (χ1) is 17.3. The summed E-state index contributed by atoms with van der Waals surface area (Å²) in [5, 5.41) is 2.30. The van der Waals surface area contributed by atoms with Gasteiger partial charge in [-0.1, -0.05) is 47.5 Å². The van der Waals surface area contributed by atoms with Crippen LogP contribution < -0.4 is 0 Å². The van der Waals surface area contributed by atoms with Gasteiger partial charge < -0.3 is 16.0 Å². The molecule has 2 nitrogen and oxygen atoms in total. The molecule has 0 atom stereocenters. The predicted octanol–water partition coefficient (Wildman–Crippen LogP) is 7.27. The molecule has 2 heterocycles. The fraction of sp³-hybridized carbons (Fsp3) is 0. The van der Waals surface area contributed by atoms with Crippen LogP contribution >= 0.6 is 0 Å². The molecule has 0 N–H and O–H groups in total. The Hall–Kier alpha value is -2.81. The molecule has 0 saturated carbocycles. The first-order valence-electron chi connectivity index (χ1n) is 11.1. The molecule has 0 saturated heterocycles. The number of nitrogens with zero attached hydrogens (tertiary/aromatic N) is 2. The quantitative estimate of drug-likeness (QED) is 0.141. The van der Waals surface area contributed by atoms with Gasteiger partial charge in [-0.3, -0.25) is 27.7 Å². The maximum Gasteiger partial charge on any atom is 0.0379 e. The fourth-order valence-corrected chi connectivity index (χ4v) is 3.59. The zero-order valence-corrected chi connectivity index (χ0v) is 25.5. The summed E-state index contributed by atoms with van der Waals surface area (Å²) in [6.07, 6.45) is 3.48. The normalized spacial score (nSPS) is 9.61. The molecule has 0 unspecified atom stereocenters. The van der Waals surface area contributed by atoms with Crippen LogP contribution in [0.3, 0.4) is 0 Å². The van der Waals surface area contributed by atoms with Gasteiger partial charge >= 0.3 is 0 Å². The van der Waals surface area contributed by atoms with Crippen molar-refractivity contribution >= 4 is 19.2 Å². The van der Waals surface area contributed by atoms with Crippen molar-refractivity contribution in [3.63, 3.8) is 0 Å². The van der Waals surface area contributed by atoms with Crippen LogP contribution in [0.5, 0.6) is 0 Å². The van der Waals surface area contributed by atoms with Crippen molar-refractivity contribution < 1.29 is 57.2 Å². The predicted molar refractivity (Wildman–Crippen MR) is 143 cm³/mol. The van der Waals surface area contributed by atoms with Crippen LogP contribution in [0.25, 0.3) is 44.4 Å². The minimum Gasteiger partial charge on any atom is -0.352 e. The maximum absolute atomic E-state index is 12.6. The van der Waals surface area contributed by atoms with Crippen molar-refractivity contribution in [2.24, 2.45) is 0 Å². The smallest absolute Gasteiger partial charge is 0.0379 e. The Morgan fingerprint density at radius 3 is 1.95 bits per heavy atom. The third kappa shape index (κ3) is 8.09. The molecule has 0 fully saturated rings. The number of benzene rings is 4. The molecule has 0 bridgehead atoms. The van der Waals surface area contributed by atoms with E-state index in [2.05, 4.69) is 58.5 Å². The monoisotopic (exact) mass is 743 g/mol. The second kappa shape index (κ2) is 15.6. The summed E-state index contributed by atoms with van der Waals surface area (Å²) in [6, 6.07) is 45.0. The molecule has 0 amide bonds. The van der Waals surface area contributed by atoms with Gasteiger partial charge in [0, 0.05) is 79.4 Å². The Morgan fingerprint density at radius 2 is 1.26 bits per heavy atom. The number of fused-ring (bicyclic) bond motifs is 1. The molecule has 0 aliphatic rings. The first kappa shape index (κ1) is 31.4. The number of hydrogen-bond donors (Lipinski definition) is 0. The van der Waals surface area contributed by atoms with Gasteiger partial charge in [-0.05, 0) is 17.8 Å². The number of rotatable bonds is 3. The summed E-state index contributed by atoms with van der Waals surface area (Å²) in [5.74, 6) is -0.278. The van der Waals surface area contributed by atoms with E-state index in [1.807, 2.05) is 60.7 Å². The first-order valence-corrected chi connectivity index (χ1v) is 11.1. The summed E-state index contributed by atoms with van der Waals surface area (Å²) in [5.41, 5.74) is 5.41. The number of halogens is 1. The van der Waals surface area contributed by atoms with E-state index in [9.17, 15) is 4.39 Å². The second-order valence-corrected chi connectivity index (χ2v) is 7.70. The zero-order valence-electron chi connectivity index (χ0n) is 20.2. The number of hydrogen-bond acceptors (Lipinski definition) is 2. The van der Waals surface area contributed by atoms with Crippen molar-refractivity contribution in [3.05, 3.63) is 146 Å². The Balaban J connectivity index is 0.000000276. The standard InChI is InChI=1S/C21H12N.C11H7FN.B.Ir.Y/c1-2-7-17-14-19(12-11-16(17)6-1)18-8-5-9-20(15-18)21-10-3-4-13-22-21;12-10-6-4-9(5-7-10)11-3-1-2-8-13-11;;;/h1-8,10-13H;1-4,6-8H;;;/q-3;-1;;;. The Bertz CT molecular complexity index is 1550. The second-order valence-electron chi connectivity index (χ2n) is 7.70. The number of pyridine rings is 2. The fourth-order valence-electron chi connectivity index (χ4n) is 3.59. The van der Waals surface area contributed by atoms with Crippen LogP contribution in [0.1, 0.15) is 0 Å². The minimum atomic E-state index is -0.278. The largest absolute Gasteiger partial charge is 0.352 e. The van der Waals surface area contributed by atoms with Gasteiger partial charge in [0.05, 0.1) is 0 Å². The number of aromatic nitrogens is 2.